The number of hydrogen-bond acceptors (Lipinski definition) is 9. The van der Waals surface area contributed by atoms with E-state index in [1.807, 2.05) is 43.3 Å². The lowest BCUT2D eigenvalue weighted by molar-refractivity contribution is -0.142. The molecule has 3 heterocycles. The second-order valence-electron chi connectivity index (χ2n) is 14.8. The Kier molecular flexibility index (Phi) is 9.96. The molecule has 14 nitrogen and oxygen atoms in total. The Labute approximate surface area is 297 Å². The van der Waals surface area contributed by atoms with Crippen molar-refractivity contribution in [2.45, 2.75) is 101 Å². The molecule has 4 amide bonds. The first-order chi connectivity index (χ1) is 24.2. The molecule has 1 saturated heterocycles. The van der Waals surface area contributed by atoms with Crippen molar-refractivity contribution >= 4 is 44.6 Å². The first kappa shape index (κ1) is 36.4. The van der Waals surface area contributed by atoms with E-state index in [4.69, 9.17) is 9.47 Å². The lowest BCUT2D eigenvalue weighted by atomic mass is 9.85. The quantitative estimate of drug-likeness (QED) is 0.293. The highest BCUT2D eigenvalue weighted by Crippen LogP contribution is 2.47. The van der Waals surface area contributed by atoms with Crippen molar-refractivity contribution in [3.63, 3.8) is 0 Å². The molecule has 1 aromatic carbocycles. The minimum absolute atomic E-state index is 0.0150. The van der Waals surface area contributed by atoms with E-state index < -0.39 is 68.2 Å². The first-order valence-electron chi connectivity index (χ1n) is 17.7. The normalized spacial score (nSPS) is 30.5. The van der Waals surface area contributed by atoms with Crippen LogP contribution in [0.5, 0.6) is 11.6 Å². The highest BCUT2D eigenvalue weighted by molar-refractivity contribution is 7.91. The van der Waals surface area contributed by atoms with E-state index in [0.29, 0.717) is 43.2 Å². The third-order valence-corrected chi connectivity index (χ3v) is 13.3. The number of hydrogen-bond donors (Lipinski definition) is 4. The van der Waals surface area contributed by atoms with Crippen molar-refractivity contribution in [3.8, 4) is 11.6 Å². The number of sulfonamides is 1. The van der Waals surface area contributed by atoms with Crippen LogP contribution in [0.15, 0.2) is 42.6 Å². The summed E-state index contributed by atoms with van der Waals surface area (Å²) < 4.78 is 39.3. The predicted molar refractivity (Wildman–Crippen MR) is 187 cm³/mol. The van der Waals surface area contributed by atoms with Crippen LogP contribution in [0.3, 0.4) is 0 Å². The number of amides is 4. The molecule has 2 aromatic rings. The van der Waals surface area contributed by atoms with Gasteiger partial charge in [0, 0.05) is 23.1 Å². The van der Waals surface area contributed by atoms with Gasteiger partial charge in [0.05, 0.1) is 24.6 Å². The third kappa shape index (κ3) is 7.22. The summed E-state index contributed by atoms with van der Waals surface area (Å²) in [6.45, 7) is 5.48. The van der Waals surface area contributed by atoms with Gasteiger partial charge in [-0.25, -0.2) is 18.2 Å². The molecule has 0 spiro atoms. The van der Waals surface area contributed by atoms with Crippen LogP contribution in [0.1, 0.15) is 72.1 Å². The second kappa shape index (κ2) is 14.0. The number of ether oxygens (including phenoxy) is 2. The Bertz CT molecular complexity index is 1850. The number of aromatic nitrogens is 1. The number of fused-ring (bicyclic) bond motifs is 3. The topological polar surface area (TPSA) is 193 Å². The van der Waals surface area contributed by atoms with Crippen molar-refractivity contribution in [3.05, 3.63) is 42.6 Å². The van der Waals surface area contributed by atoms with Crippen molar-refractivity contribution in [1.29, 1.82) is 0 Å². The Balaban J connectivity index is 1.35. The maximum atomic E-state index is 14.5. The third-order valence-electron chi connectivity index (χ3n) is 11.1. The van der Waals surface area contributed by atoms with E-state index in [9.17, 15) is 32.7 Å². The van der Waals surface area contributed by atoms with Gasteiger partial charge in [0.2, 0.25) is 27.7 Å². The van der Waals surface area contributed by atoms with Gasteiger partial charge in [-0.05, 0) is 63.4 Å². The summed E-state index contributed by atoms with van der Waals surface area (Å²) in [5, 5.41) is 16.6. The molecule has 0 radical (unpaired) electrons. The minimum Gasteiger partial charge on any atom is -0.494 e. The molecule has 0 bridgehead atoms. The van der Waals surface area contributed by atoms with Crippen LogP contribution in [-0.2, 0) is 24.4 Å². The number of rotatable bonds is 8. The summed E-state index contributed by atoms with van der Waals surface area (Å²) in [6.07, 6.45) is 6.79. The van der Waals surface area contributed by atoms with Crippen LogP contribution in [0.2, 0.25) is 0 Å². The lowest BCUT2D eigenvalue weighted by Crippen LogP contribution is -2.59. The molecular formula is C36H47N5O9S. The molecule has 4 aliphatic rings. The smallest absolute Gasteiger partial charge is 0.405 e. The molecule has 2 aliphatic heterocycles. The average Bonchev–Trinajstić information content (AvgIpc) is 3.97. The summed E-state index contributed by atoms with van der Waals surface area (Å²) in [4.78, 5) is 60.5. The maximum Gasteiger partial charge on any atom is 0.405 e. The summed E-state index contributed by atoms with van der Waals surface area (Å²) in [7, 11) is -2.46. The van der Waals surface area contributed by atoms with Crippen molar-refractivity contribution in [1.82, 2.24) is 25.2 Å². The van der Waals surface area contributed by atoms with E-state index in [-0.39, 0.29) is 37.1 Å². The lowest BCUT2D eigenvalue weighted by Gasteiger charge is -2.33. The standard InChI is InChI=1S/C36H47N5O9S/c1-5-22-16-21(2)10-6-7-11-23-18-36(23,33(44)40-51(47,48)35(3)14-15-35)39-30(42)27-17-24(20-41(27)32(43)29(22)38-34(45)46)50-31-26-13-9-8-12-25(26)28(49-4)19-37-31/h7-9,11-13,19,21-24,27,29,38H,5-6,10,14-18,20H2,1-4H3,(H,39,42)(H,40,44)(H,45,46)/t21-,22-,23-,24-,27+,29+,36-/m1/s1. The summed E-state index contributed by atoms with van der Waals surface area (Å²) >= 11 is 0. The summed E-state index contributed by atoms with van der Waals surface area (Å²) in [5.41, 5.74) is -1.54. The average molecular weight is 726 g/mol. The zero-order valence-corrected chi connectivity index (χ0v) is 30.2. The van der Waals surface area contributed by atoms with Gasteiger partial charge in [-0.3, -0.25) is 19.1 Å². The number of carbonyl (C=O) groups excluding carboxylic acids is 3. The van der Waals surface area contributed by atoms with Gasteiger partial charge in [0.15, 0.2) is 0 Å². The molecule has 276 valence electrons. The van der Waals surface area contributed by atoms with Gasteiger partial charge in [-0.15, -0.1) is 0 Å². The molecule has 7 atom stereocenters. The van der Waals surface area contributed by atoms with Gasteiger partial charge >= 0.3 is 6.09 Å². The first-order valence-corrected chi connectivity index (χ1v) is 19.1. The number of nitrogens with zero attached hydrogens (tertiary/aromatic N) is 2. The largest absolute Gasteiger partial charge is 0.494 e. The van der Waals surface area contributed by atoms with Crippen molar-refractivity contribution < 1.29 is 42.2 Å². The SMILES string of the molecule is CC[C@@H]1C[C@H](C)CCC=C[C@@H]2C[C@@]2(C(=O)NS(=O)(=O)C2(C)CC2)NC(=O)[C@@H]2C[C@@H](Oc3ncc(OC)c4ccccc34)CN2C(=O)[C@H]1NC(=O)O. The molecule has 6 rings (SSSR count). The number of nitrogens with one attached hydrogen (secondary N) is 3. The van der Waals surface area contributed by atoms with E-state index in [1.54, 1.807) is 6.92 Å². The highest BCUT2D eigenvalue weighted by atomic mass is 32.2. The van der Waals surface area contributed by atoms with Gasteiger partial charge < -0.3 is 30.1 Å². The van der Waals surface area contributed by atoms with Crippen molar-refractivity contribution in [2.24, 2.45) is 17.8 Å². The maximum absolute atomic E-state index is 14.5. The molecule has 0 unspecified atom stereocenters. The van der Waals surface area contributed by atoms with Crippen LogP contribution in [0, 0.1) is 17.8 Å². The number of allylic oxidation sites excluding steroid dienone is 1. The van der Waals surface area contributed by atoms with Crippen LogP contribution < -0.4 is 24.8 Å². The molecule has 1 aromatic heterocycles. The minimum atomic E-state index is -4.00. The van der Waals surface area contributed by atoms with Crippen LogP contribution >= 0.6 is 0 Å². The predicted octanol–water partition coefficient (Wildman–Crippen LogP) is 3.50. The Morgan fingerprint density at radius 3 is 2.55 bits per heavy atom. The second-order valence-corrected chi connectivity index (χ2v) is 17.0. The summed E-state index contributed by atoms with van der Waals surface area (Å²) in [6, 6.07) is 5.08. The molecule has 2 aliphatic carbocycles. The van der Waals surface area contributed by atoms with Crippen LogP contribution in [0.25, 0.3) is 10.8 Å². The number of benzene rings is 1. The zero-order valence-electron chi connectivity index (χ0n) is 29.4. The fourth-order valence-electron chi connectivity index (χ4n) is 7.50. The van der Waals surface area contributed by atoms with E-state index >= 15 is 0 Å². The van der Waals surface area contributed by atoms with E-state index in [1.165, 1.54) is 18.2 Å². The molecule has 4 N–H and O–H groups in total. The van der Waals surface area contributed by atoms with Crippen LogP contribution in [-0.4, -0.2) is 89.4 Å². The molecule has 3 fully saturated rings. The number of carboxylic acid groups (broad SMARTS) is 1. The van der Waals surface area contributed by atoms with E-state index in [2.05, 4.69) is 27.3 Å². The molecular weight excluding hydrogens is 678 g/mol. The zero-order chi connectivity index (χ0) is 36.7. The fourth-order valence-corrected chi connectivity index (χ4v) is 8.82. The Morgan fingerprint density at radius 1 is 1.16 bits per heavy atom. The molecule has 15 heteroatoms. The number of methoxy groups -OCH3 is 1. The van der Waals surface area contributed by atoms with Crippen molar-refractivity contribution in [2.75, 3.05) is 13.7 Å². The molecule has 2 saturated carbocycles. The number of carbonyl (C=O) groups is 4. The Morgan fingerprint density at radius 2 is 1.88 bits per heavy atom. The Hall–Kier alpha value is -4.40. The number of pyridine rings is 1. The van der Waals surface area contributed by atoms with Gasteiger partial charge in [-0.1, -0.05) is 50.6 Å². The monoisotopic (exact) mass is 725 g/mol. The summed E-state index contributed by atoms with van der Waals surface area (Å²) in [5.74, 6) is -1.91. The van der Waals surface area contributed by atoms with Gasteiger partial charge in [0.25, 0.3) is 5.91 Å². The van der Waals surface area contributed by atoms with Gasteiger partial charge in [-0.2, -0.15) is 0 Å². The highest BCUT2D eigenvalue weighted by Gasteiger charge is 2.63. The molecule has 51 heavy (non-hydrogen) atoms. The van der Waals surface area contributed by atoms with E-state index in [0.717, 1.165) is 11.8 Å². The fraction of sp³-hybridized carbons (Fsp3) is 0.583. The van der Waals surface area contributed by atoms with Gasteiger partial charge in [0.1, 0.15) is 29.5 Å². The van der Waals surface area contributed by atoms with Crippen LogP contribution in [0.4, 0.5) is 4.79 Å².